The fourth-order valence-electron chi connectivity index (χ4n) is 6.29. The van der Waals surface area contributed by atoms with E-state index in [1.54, 1.807) is 31.0 Å². The minimum Gasteiger partial charge on any atom is -0.397 e. The summed E-state index contributed by atoms with van der Waals surface area (Å²) < 4.78 is 33.9. The van der Waals surface area contributed by atoms with Gasteiger partial charge in [-0.25, -0.2) is 13.6 Å². The van der Waals surface area contributed by atoms with Gasteiger partial charge in [0.15, 0.2) is 11.6 Å². The van der Waals surface area contributed by atoms with Crippen molar-refractivity contribution in [2.24, 2.45) is 0 Å². The van der Waals surface area contributed by atoms with Crippen LogP contribution in [-0.2, 0) is 9.59 Å². The molecule has 6 rings (SSSR count). The lowest BCUT2D eigenvalue weighted by atomic mass is 9.98. The summed E-state index contributed by atoms with van der Waals surface area (Å²) in [6.07, 6.45) is 2.77. The van der Waals surface area contributed by atoms with E-state index in [-0.39, 0.29) is 58.0 Å². The van der Waals surface area contributed by atoms with Gasteiger partial charge in [-0.1, -0.05) is 43.6 Å². The minimum atomic E-state index is -1.05. The summed E-state index contributed by atoms with van der Waals surface area (Å²) in [5, 5.41) is 2.23. The maximum atomic E-state index is 16.9. The standard InChI is InChI=1S/C32H29Cl2F2N7O3/c1-6-21(44)41-12-20-31(45)39-28-23-19(9-16(24(28)35)22-25(36)17(33)10-18(34)26(22)37)43(29-14(4)7-8-38-27(29)13(2)3)32(46)40-30(23)42(20)11-15(41)5/h6-10,13,15,20H,1,11-12,37H2,2-5H3,(H,39,45). The predicted molar refractivity (Wildman–Crippen MR) is 175 cm³/mol. The smallest absolute Gasteiger partial charge is 0.354 e. The van der Waals surface area contributed by atoms with Crippen LogP contribution < -0.4 is 21.6 Å². The fourth-order valence-corrected chi connectivity index (χ4v) is 6.76. The van der Waals surface area contributed by atoms with Crippen LogP contribution >= 0.6 is 23.2 Å². The molecule has 2 aromatic heterocycles. The average molecular weight is 669 g/mol. The van der Waals surface area contributed by atoms with Crippen LogP contribution in [0, 0.1) is 18.6 Å². The highest BCUT2D eigenvalue weighted by molar-refractivity contribution is 6.37. The molecule has 2 atom stereocenters. The third-order valence-corrected chi connectivity index (χ3v) is 9.11. The maximum Gasteiger partial charge on any atom is 0.354 e. The Morgan fingerprint density at radius 1 is 1.17 bits per heavy atom. The van der Waals surface area contributed by atoms with Gasteiger partial charge in [0, 0.05) is 29.9 Å². The van der Waals surface area contributed by atoms with Gasteiger partial charge in [-0.3, -0.25) is 19.1 Å². The summed E-state index contributed by atoms with van der Waals surface area (Å²) in [6, 6.07) is 2.64. The van der Waals surface area contributed by atoms with Crippen LogP contribution in [0.15, 0.2) is 41.8 Å². The Kier molecular flexibility index (Phi) is 7.76. The quantitative estimate of drug-likeness (QED) is 0.165. The van der Waals surface area contributed by atoms with Crippen molar-refractivity contribution in [3.63, 3.8) is 0 Å². The van der Waals surface area contributed by atoms with Crippen LogP contribution in [0.1, 0.15) is 37.9 Å². The van der Waals surface area contributed by atoms with E-state index in [0.29, 0.717) is 16.9 Å². The van der Waals surface area contributed by atoms with Gasteiger partial charge in [0.2, 0.25) is 11.8 Å². The Bertz CT molecular complexity index is 2040. The molecule has 2 aliphatic rings. The molecule has 238 valence electrons. The van der Waals surface area contributed by atoms with Gasteiger partial charge in [0.05, 0.1) is 50.2 Å². The summed E-state index contributed by atoms with van der Waals surface area (Å²) >= 11 is 12.4. The molecule has 3 N–H and O–H groups in total. The zero-order chi connectivity index (χ0) is 33.4. The monoisotopic (exact) mass is 667 g/mol. The van der Waals surface area contributed by atoms with Gasteiger partial charge in [-0.05, 0) is 49.6 Å². The second-order valence-corrected chi connectivity index (χ2v) is 12.5. The van der Waals surface area contributed by atoms with Gasteiger partial charge in [0.25, 0.3) is 0 Å². The van der Waals surface area contributed by atoms with E-state index in [0.717, 1.165) is 12.1 Å². The number of pyridine rings is 1. The van der Waals surface area contributed by atoms with Crippen molar-refractivity contribution in [1.29, 1.82) is 0 Å². The first-order chi connectivity index (χ1) is 21.8. The molecule has 0 aliphatic carbocycles. The van der Waals surface area contributed by atoms with Crippen molar-refractivity contribution in [3.8, 4) is 16.8 Å². The van der Waals surface area contributed by atoms with Crippen LogP contribution in [0.25, 0.3) is 27.7 Å². The van der Waals surface area contributed by atoms with Gasteiger partial charge in [-0.2, -0.15) is 4.98 Å². The Hall–Kier alpha value is -4.55. The fraction of sp³-hybridized carbons (Fsp3) is 0.281. The van der Waals surface area contributed by atoms with Crippen LogP contribution in [0.5, 0.6) is 0 Å². The number of aryl methyl sites for hydroxylation is 1. The van der Waals surface area contributed by atoms with Gasteiger partial charge < -0.3 is 20.9 Å². The number of hydrogen-bond donors (Lipinski definition) is 2. The van der Waals surface area contributed by atoms with Gasteiger partial charge in [0.1, 0.15) is 11.9 Å². The van der Waals surface area contributed by atoms with Crippen LogP contribution in [0.2, 0.25) is 10.0 Å². The number of nitrogens with zero attached hydrogens (tertiary/aromatic N) is 5. The molecule has 2 amide bonds. The number of fused-ring (bicyclic) bond motifs is 2. The average Bonchev–Trinajstić information content (AvgIpc) is 3.12. The van der Waals surface area contributed by atoms with Crippen LogP contribution in [0.4, 0.5) is 26.0 Å². The van der Waals surface area contributed by atoms with Crippen molar-refractivity contribution < 1.29 is 18.4 Å². The van der Waals surface area contributed by atoms with Crippen LogP contribution in [-0.4, -0.2) is 56.4 Å². The van der Waals surface area contributed by atoms with E-state index >= 15 is 8.78 Å². The molecule has 0 bridgehead atoms. The number of carbonyl (C=O) groups excluding carboxylic acids is 2. The lowest BCUT2D eigenvalue weighted by Crippen LogP contribution is -2.62. The summed E-state index contributed by atoms with van der Waals surface area (Å²) in [4.78, 5) is 52.8. The molecule has 2 unspecified atom stereocenters. The van der Waals surface area contributed by atoms with E-state index in [1.807, 2.05) is 13.8 Å². The molecule has 2 aromatic carbocycles. The number of aromatic nitrogens is 3. The minimum absolute atomic E-state index is 0.0304. The number of hydrogen-bond acceptors (Lipinski definition) is 7. The first kappa shape index (κ1) is 31.4. The molecule has 1 saturated heterocycles. The number of piperazine rings is 1. The second-order valence-electron chi connectivity index (χ2n) is 11.7. The molecule has 4 heterocycles. The number of anilines is 3. The maximum absolute atomic E-state index is 16.9. The van der Waals surface area contributed by atoms with E-state index in [2.05, 4.69) is 21.9 Å². The number of halogens is 4. The molecule has 4 aromatic rings. The zero-order valence-corrected chi connectivity index (χ0v) is 26.8. The van der Waals surface area contributed by atoms with Crippen molar-refractivity contribution in [2.75, 3.05) is 29.0 Å². The predicted octanol–water partition coefficient (Wildman–Crippen LogP) is 5.59. The zero-order valence-electron chi connectivity index (χ0n) is 25.3. The van der Waals surface area contributed by atoms with Crippen LogP contribution in [0.3, 0.4) is 0 Å². The highest BCUT2D eigenvalue weighted by Gasteiger charge is 2.42. The molecule has 10 nitrogen and oxygen atoms in total. The molecule has 0 radical (unpaired) electrons. The van der Waals surface area contributed by atoms with Crippen molar-refractivity contribution in [1.82, 2.24) is 19.4 Å². The summed E-state index contributed by atoms with van der Waals surface area (Å²) in [6.45, 7) is 11.0. The SMILES string of the molecule is C=CC(=O)N1CC2C(=O)Nc3c(F)c(-c4c(N)c(Cl)cc(Cl)c4F)cc4c3c(nc(=O)n4-c3c(C)ccnc3C(C)C)N2CC1C. The van der Waals surface area contributed by atoms with E-state index < -0.39 is 51.5 Å². The second kappa shape index (κ2) is 11.4. The Labute approximate surface area is 272 Å². The largest absolute Gasteiger partial charge is 0.397 e. The molecule has 1 fully saturated rings. The number of nitrogens with two attached hydrogens (primary N) is 1. The first-order valence-corrected chi connectivity index (χ1v) is 15.2. The van der Waals surface area contributed by atoms with Crippen molar-refractivity contribution in [3.05, 3.63) is 80.5 Å². The molecular formula is C32H29Cl2F2N7O3. The number of amides is 2. The number of nitrogens with one attached hydrogen (secondary N) is 1. The Balaban J connectivity index is 1.77. The highest BCUT2D eigenvalue weighted by atomic mass is 35.5. The molecule has 2 aliphatic heterocycles. The highest BCUT2D eigenvalue weighted by Crippen LogP contribution is 2.46. The number of carbonyl (C=O) groups is 2. The molecule has 0 spiro atoms. The molecule has 46 heavy (non-hydrogen) atoms. The number of rotatable bonds is 4. The normalized spacial score (nSPS) is 17.6. The lowest BCUT2D eigenvalue weighted by Gasteiger charge is -2.44. The van der Waals surface area contributed by atoms with E-state index in [4.69, 9.17) is 28.9 Å². The molecule has 0 saturated carbocycles. The van der Waals surface area contributed by atoms with E-state index in [9.17, 15) is 14.4 Å². The number of nitrogen functional groups attached to an aromatic ring is 1. The third kappa shape index (κ3) is 4.70. The molecule has 14 heteroatoms. The summed E-state index contributed by atoms with van der Waals surface area (Å²) in [5.41, 5.74) is 5.72. The Morgan fingerprint density at radius 3 is 2.57 bits per heavy atom. The lowest BCUT2D eigenvalue weighted by molar-refractivity contribution is -0.130. The topological polar surface area (TPSA) is 126 Å². The van der Waals surface area contributed by atoms with E-state index in [1.165, 1.54) is 15.5 Å². The van der Waals surface area contributed by atoms with Crippen molar-refractivity contribution in [2.45, 2.75) is 45.7 Å². The summed E-state index contributed by atoms with van der Waals surface area (Å²) in [5.74, 6) is -3.25. The van der Waals surface area contributed by atoms with Crippen molar-refractivity contribution >= 4 is 63.1 Å². The summed E-state index contributed by atoms with van der Waals surface area (Å²) in [7, 11) is 0. The first-order valence-electron chi connectivity index (χ1n) is 14.5. The van der Waals surface area contributed by atoms with Gasteiger partial charge >= 0.3 is 5.69 Å². The third-order valence-electron chi connectivity index (χ3n) is 8.52. The number of benzene rings is 2. The Morgan fingerprint density at radius 2 is 1.89 bits per heavy atom. The molecular weight excluding hydrogens is 639 g/mol. The van der Waals surface area contributed by atoms with Gasteiger partial charge in [-0.15, -0.1) is 0 Å².